The summed E-state index contributed by atoms with van der Waals surface area (Å²) >= 11 is 0. The van der Waals surface area contributed by atoms with E-state index in [-0.39, 0.29) is 16.8 Å². The number of nitrogens with two attached hydrogens (primary N) is 1. The van der Waals surface area contributed by atoms with E-state index in [1.807, 2.05) is 14.1 Å². The zero-order valence-electron chi connectivity index (χ0n) is 11.9. The van der Waals surface area contributed by atoms with Crippen LogP contribution in [0.1, 0.15) is 13.8 Å². The predicted molar refractivity (Wildman–Crippen MR) is 78.3 cm³/mol. The lowest BCUT2D eigenvalue weighted by Gasteiger charge is -2.28. The second kappa shape index (κ2) is 5.88. The van der Waals surface area contributed by atoms with Crippen LogP contribution in [0.25, 0.3) is 0 Å². The SMILES string of the molecule is CN(C)CC(C)(C)CNc1cccc(N)c1[N+](=O)[O-]. The highest BCUT2D eigenvalue weighted by molar-refractivity contribution is 5.74. The first kappa shape index (κ1) is 15.2. The van der Waals surface area contributed by atoms with E-state index in [1.54, 1.807) is 12.1 Å². The van der Waals surface area contributed by atoms with Gasteiger partial charge in [0.25, 0.3) is 0 Å². The number of nitro benzene ring substituents is 1. The number of rotatable bonds is 6. The molecule has 1 rings (SSSR count). The minimum absolute atomic E-state index is 0.00196. The second-order valence-electron chi connectivity index (χ2n) is 5.76. The smallest absolute Gasteiger partial charge is 0.314 e. The van der Waals surface area contributed by atoms with Crippen LogP contribution in [-0.2, 0) is 0 Å². The fourth-order valence-electron chi connectivity index (χ4n) is 2.15. The van der Waals surface area contributed by atoms with E-state index in [9.17, 15) is 10.1 Å². The van der Waals surface area contributed by atoms with Gasteiger partial charge >= 0.3 is 5.69 Å². The fourth-order valence-corrected chi connectivity index (χ4v) is 2.15. The van der Waals surface area contributed by atoms with Gasteiger partial charge in [-0.2, -0.15) is 0 Å². The summed E-state index contributed by atoms with van der Waals surface area (Å²) in [5.74, 6) is 0. The molecule has 0 unspecified atom stereocenters. The molecule has 0 bridgehead atoms. The summed E-state index contributed by atoms with van der Waals surface area (Å²) in [5.41, 5.74) is 6.25. The van der Waals surface area contributed by atoms with Crippen LogP contribution in [0, 0.1) is 15.5 Å². The average Bonchev–Trinajstić information content (AvgIpc) is 2.24. The van der Waals surface area contributed by atoms with Gasteiger partial charge in [-0.15, -0.1) is 0 Å². The number of nitrogen functional groups attached to an aromatic ring is 1. The Morgan fingerprint density at radius 1 is 1.42 bits per heavy atom. The van der Waals surface area contributed by atoms with E-state index in [2.05, 4.69) is 24.1 Å². The van der Waals surface area contributed by atoms with Crippen molar-refractivity contribution in [1.82, 2.24) is 4.90 Å². The van der Waals surface area contributed by atoms with Gasteiger partial charge in [0.15, 0.2) is 0 Å². The summed E-state index contributed by atoms with van der Waals surface area (Å²) in [6, 6.07) is 4.93. The highest BCUT2D eigenvalue weighted by atomic mass is 16.6. The molecule has 0 heterocycles. The van der Waals surface area contributed by atoms with Crippen molar-refractivity contribution < 1.29 is 4.92 Å². The van der Waals surface area contributed by atoms with Crippen LogP contribution in [0.15, 0.2) is 18.2 Å². The Kier molecular flexibility index (Phi) is 4.72. The zero-order chi connectivity index (χ0) is 14.6. The second-order valence-corrected chi connectivity index (χ2v) is 5.76. The highest BCUT2D eigenvalue weighted by Crippen LogP contribution is 2.31. The summed E-state index contributed by atoms with van der Waals surface area (Å²) < 4.78 is 0. The molecule has 0 amide bonds. The molecule has 106 valence electrons. The third kappa shape index (κ3) is 4.40. The van der Waals surface area contributed by atoms with E-state index in [4.69, 9.17) is 5.73 Å². The third-order valence-electron chi connectivity index (χ3n) is 2.75. The van der Waals surface area contributed by atoms with Crippen molar-refractivity contribution in [2.24, 2.45) is 5.41 Å². The van der Waals surface area contributed by atoms with Crippen LogP contribution < -0.4 is 11.1 Å². The third-order valence-corrected chi connectivity index (χ3v) is 2.75. The molecule has 6 heteroatoms. The van der Waals surface area contributed by atoms with Crippen molar-refractivity contribution in [1.29, 1.82) is 0 Å². The van der Waals surface area contributed by atoms with Crippen molar-refractivity contribution in [2.75, 3.05) is 38.2 Å². The molecular weight excluding hydrogens is 244 g/mol. The van der Waals surface area contributed by atoms with Crippen LogP contribution in [0.5, 0.6) is 0 Å². The van der Waals surface area contributed by atoms with Crippen molar-refractivity contribution in [2.45, 2.75) is 13.8 Å². The first-order valence-corrected chi connectivity index (χ1v) is 6.14. The lowest BCUT2D eigenvalue weighted by Crippen LogP contribution is -2.34. The predicted octanol–water partition coefficient (Wildman–Crippen LogP) is 2.18. The molecule has 0 radical (unpaired) electrons. The Labute approximate surface area is 113 Å². The van der Waals surface area contributed by atoms with E-state index in [1.165, 1.54) is 6.07 Å². The summed E-state index contributed by atoms with van der Waals surface area (Å²) in [7, 11) is 4.01. The molecule has 0 aliphatic rings. The molecular formula is C13H22N4O2. The van der Waals surface area contributed by atoms with Gasteiger partial charge < -0.3 is 16.0 Å². The molecule has 1 aromatic carbocycles. The Balaban J connectivity index is 2.84. The standard InChI is InChI=1S/C13H22N4O2/c1-13(2,9-16(3)4)8-15-11-7-5-6-10(14)12(11)17(18)19/h5-7,15H,8-9,14H2,1-4H3. The Morgan fingerprint density at radius 3 is 2.58 bits per heavy atom. The molecule has 0 spiro atoms. The van der Waals surface area contributed by atoms with E-state index in [0.29, 0.717) is 12.2 Å². The van der Waals surface area contributed by atoms with Gasteiger partial charge in [0.1, 0.15) is 11.4 Å². The Hall–Kier alpha value is -1.82. The summed E-state index contributed by atoms with van der Waals surface area (Å²) in [6.07, 6.45) is 0. The Morgan fingerprint density at radius 2 is 2.05 bits per heavy atom. The molecule has 0 saturated carbocycles. The molecule has 3 N–H and O–H groups in total. The van der Waals surface area contributed by atoms with Gasteiger partial charge in [0, 0.05) is 13.1 Å². The topological polar surface area (TPSA) is 84.4 Å². The van der Waals surface area contributed by atoms with Crippen LogP contribution in [-0.4, -0.2) is 37.0 Å². The van der Waals surface area contributed by atoms with Crippen LogP contribution >= 0.6 is 0 Å². The zero-order valence-corrected chi connectivity index (χ0v) is 11.9. The van der Waals surface area contributed by atoms with E-state index >= 15 is 0 Å². The van der Waals surface area contributed by atoms with Crippen LogP contribution in [0.2, 0.25) is 0 Å². The maximum absolute atomic E-state index is 11.0. The molecule has 0 saturated heterocycles. The first-order chi connectivity index (χ1) is 8.73. The van der Waals surface area contributed by atoms with Gasteiger partial charge in [-0.05, 0) is 31.6 Å². The molecule has 0 fully saturated rings. The van der Waals surface area contributed by atoms with Crippen molar-refractivity contribution in [3.63, 3.8) is 0 Å². The van der Waals surface area contributed by atoms with Crippen LogP contribution in [0.3, 0.4) is 0 Å². The number of hydrogen-bond donors (Lipinski definition) is 2. The molecule has 6 nitrogen and oxygen atoms in total. The van der Waals surface area contributed by atoms with Gasteiger partial charge in [-0.25, -0.2) is 0 Å². The molecule has 0 aliphatic heterocycles. The largest absolute Gasteiger partial charge is 0.393 e. The number of nitrogens with zero attached hydrogens (tertiary/aromatic N) is 2. The monoisotopic (exact) mass is 266 g/mol. The number of nitro groups is 1. The summed E-state index contributed by atoms with van der Waals surface area (Å²) in [5, 5.41) is 14.2. The minimum atomic E-state index is -0.448. The van der Waals surface area contributed by atoms with Gasteiger partial charge in [0.2, 0.25) is 0 Å². The van der Waals surface area contributed by atoms with Gasteiger partial charge in [-0.3, -0.25) is 10.1 Å². The number of benzene rings is 1. The van der Waals surface area contributed by atoms with E-state index < -0.39 is 4.92 Å². The van der Waals surface area contributed by atoms with E-state index in [0.717, 1.165) is 6.54 Å². The number of nitrogens with one attached hydrogen (secondary N) is 1. The molecule has 19 heavy (non-hydrogen) atoms. The Bertz CT molecular complexity index is 458. The number of anilines is 2. The van der Waals surface area contributed by atoms with Crippen LogP contribution in [0.4, 0.5) is 17.1 Å². The quantitative estimate of drug-likeness (QED) is 0.468. The lowest BCUT2D eigenvalue weighted by molar-refractivity contribution is -0.383. The maximum atomic E-state index is 11.0. The summed E-state index contributed by atoms with van der Waals surface area (Å²) in [6.45, 7) is 5.74. The molecule has 0 atom stereocenters. The molecule has 1 aromatic rings. The van der Waals surface area contributed by atoms with Crippen molar-refractivity contribution >= 4 is 17.1 Å². The number of para-hydroxylation sites is 1. The molecule has 0 aromatic heterocycles. The maximum Gasteiger partial charge on any atom is 0.314 e. The highest BCUT2D eigenvalue weighted by Gasteiger charge is 2.22. The fraction of sp³-hybridized carbons (Fsp3) is 0.538. The van der Waals surface area contributed by atoms with Crippen molar-refractivity contribution in [3.05, 3.63) is 28.3 Å². The van der Waals surface area contributed by atoms with Gasteiger partial charge in [-0.1, -0.05) is 19.9 Å². The average molecular weight is 266 g/mol. The van der Waals surface area contributed by atoms with Crippen molar-refractivity contribution in [3.8, 4) is 0 Å². The molecule has 0 aliphatic carbocycles. The lowest BCUT2D eigenvalue weighted by atomic mass is 9.93. The number of hydrogen-bond acceptors (Lipinski definition) is 5. The van der Waals surface area contributed by atoms with Gasteiger partial charge in [0.05, 0.1) is 4.92 Å². The first-order valence-electron chi connectivity index (χ1n) is 6.14. The normalized spacial score (nSPS) is 11.6. The summed E-state index contributed by atoms with van der Waals surface area (Å²) in [4.78, 5) is 12.7. The minimum Gasteiger partial charge on any atom is -0.393 e.